The van der Waals surface area contributed by atoms with Gasteiger partial charge in [-0.25, -0.2) is 0 Å². The number of carboxylic acid groups (broad SMARTS) is 1. The van der Waals surface area contributed by atoms with Crippen molar-refractivity contribution in [1.29, 1.82) is 0 Å². The first-order chi connectivity index (χ1) is 5.99. The lowest BCUT2D eigenvalue weighted by Crippen LogP contribution is -2.48. The van der Waals surface area contributed by atoms with Gasteiger partial charge < -0.3 is 16.2 Å². The Kier molecular flexibility index (Phi) is 9.02. The van der Waals surface area contributed by atoms with E-state index >= 15 is 0 Å². The van der Waals surface area contributed by atoms with Crippen LogP contribution in [0, 0.1) is 0 Å². The number of carboxylic acids is 1. The van der Waals surface area contributed by atoms with E-state index in [-0.39, 0.29) is 12.4 Å². The number of amides is 1. The fourth-order valence-corrected chi connectivity index (χ4v) is 1.15. The van der Waals surface area contributed by atoms with Gasteiger partial charge in [-0.2, -0.15) is 11.8 Å². The molecule has 4 N–H and O–H groups in total. The lowest BCUT2D eigenvalue weighted by Gasteiger charge is -2.13. The van der Waals surface area contributed by atoms with E-state index in [0.29, 0.717) is 5.75 Å². The molecule has 0 heterocycles. The number of hydrogen-bond donors (Lipinski definition) is 3. The van der Waals surface area contributed by atoms with Gasteiger partial charge in [0.25, 0.3) is 0 Å². The van der Waals surface area contributed by atoms with Gasteiger partial charge in [0.05, 0.1) is 6.04 Å². The lowest BCUT2D eigenvalue weighted by molar-refractivity contribution is -0.141. The molecule has 0 fully saturated rings. The summed E-state index contributed by atoms with van der Waals surface area (Å²) in [6, 6.07) is -1.53. The number of hydrogen-bond acceptors (Lipinski definition) is 4. The molecule has 7 heteroatoms. The van der Waals surface area contributed by atoms with Crippen LogP contribution in [0.25, 0.3) is 0 Å². The van der Waals surface area contributed by atoms with E-state index < -0.39 is 24.0 Å². The van der Waals surface area contributed by atoms with Crippen LogP contribution in [-0.4, -0.2) is 41.1 Å². The summed E-state index contributed by atoms with van der Waals surface area (Å²) in [6.07, 6.45) is 1.83. The summed E-state index contributed by atoms with van der Waals surface area (Å²) in [5.74, 6) is -1.01. The van der Waals surface area contributed by atoms with Crippen molar-refractivity contribution in [2.75, 3.05) is 12.0 Å². The summed E-state index contributed by atoms with van der Waals surface area (Å²) in [5.41, 5.74) is 5.45. The standard InChI is InChI=1S/C7H14N2O3S.ClH/c1-4(7(11)12)9-6(10)5(8)3-13-2;/h4-5H,3,8H2,1-2H3,(H,9,10)(H,11,12);1H. The molecule has 0 aliphatic carbocycles. The van der Waals surface area contributed by atoms with Crippen LogP contribution in [0.3, 0.4) is 0 Å². The maximum absolute atomic E-state index is 11.1. The van der Waals surface area contributed by atoms with E-state index in [4.69, 9.17) is 10.8 Å². The first-order valence-electron chi connectivity index (χ1n) is 3.76. The summed E-state index contributed by atoms with van der Waals surface area (Å²) in [5, 5.41) is 10.8. The van der Waals surface area contributed by atoms with Crippen LogP contribution in [0.1, 0.15) is 6.92 Å². The summed E-state index contributed by atoms with van der Waals surface area (Å²) < 4.78 is 0. The van der Waals surface area contributed by atoms with E-state index in [0.717, 1.165) is 0 Å². The minimum atomic E-state index is -1.07. The second-order valence-electron chi connectivity index (χ2n) is 2.63. The molecule has 0 rings (SSSR count). The van der Waals surface area contributed by atoms with Crippen molar-refractivity contribution in [3.05, 3.63) is 0 Å². The Morgan fingerprint density at radius 2 is 2.07 bits per heavy atom. The van der Waals surface area contributed by atoms with Crippen molar-refractivity contribution < 1.29 is 14.7 Å². The molecule has 84 valence electrons. The third-order valence-electron chi connectivity index (χ3n) is 1.41. The van der Waals surface area contributed by atoms with E-state index in [1.54, 1.807) is 0 Å². The second-order valence-corrected chi connectivity index (χ2v) is 3.54. The Bertz CT molecular complexity index is 203. The topological polar surface area (TPSA) is 92.4 Å². The van der Waals surface area contributed by atoms with Gasteiger partial charge in [-0.15, -0.1) is 12.4 Å². The zero-order chi connectivity index (χ0) is 10.4. The summed E-state index contributed by atoms with van der Waals surface area (Å²) in [6.45, 7) is 1.39. The molecule has 0 bridgehead atoms. The number of rotatable bonds is 5. The number of carbonyl (C=O) groups excluding carboxylic acids is 1. The molecule has 1 amide bonds. The van der Waals surface area contributed by atoms with Gasteiger partial charge in [-0.3, -0.25) is 9.59 Å². The highest BCUT2D eigenvalue weighted by Gasteiger charge is 2.18. The molecule has 0 radical (unpaired) electrons. The predicted molar refractivity (Wildman–Crippen MR) is 58.8 cm³/mol. The minimum Gasteiger partial charge on any atom is -0.480 e. The maximum Gasteiger partial charge on any atom is 0.325 e. The Morgan fingerprint density at radius 1 is 1.57 bits per heavy atom. The van der Waals surface area contributed by atoms with E-state index in [2.05, 4.69) is 5.32 Å². The van der Waals surface area contributed by atoms with Gasteiger partial charge in [-0.05, 0) is 13.2 Å². The molecule has 0 saturated carbocycles. The second kappa shape index (κ2) is 7.90. The normalized spacial score (nSPS) is 13.6. The van der Waals surface area contributed by atoms with Crippen LogP contribution in [0.5, 0.6) is 0 Å². The SMILES string of the molecule is CSCC(N)C(=O)NC(C)C(=O)O.Cl. The van der Waals surface area contributed by atoms with E-state index in [1.807, 2.05) is 6.26 Å². The highest BCUT2D eigenvalue weighted by Crippen LogP contribution is 1.95. The first-order valence-corrected chi connectivity index (χ1v) is 5.16. The largest absolute Gasteiger partial charge is 0.480 e. The van der Waals surface area contributed by atoms with E-state index in [9.17, 15) is 9.59 Å². The third-order valence-corrected chi connectivity index (χ3v) is 2.10. The average molecular weight is 243 g/mol. The third kappa shape index (κ3) is 6.06. The fourth-order valence-electron chi connectivity index (χ4n) is 0.637. The highest BCUT2D eigenvalue weighted by atomic mass is 35.5. The van der Waals surface area contributed by atoms with Crippen LogP contribution in [0.4, 0.5) is 0 Å². The molecule has 0 aromatic rings. The maximum atomic E-state index is 11.1. The molecule has 2 unspecified atom stereocenters. The summed E-state index contributed by atoms with van der Waals surface area (Å²) in [4.78, 5) is 21.5. The van der Waals surface area contributed by atoms with Gasteiger partial charge in [0.1, 0.15) is 6.04 Å². The van der Waals surface area contributed by atoms with Crippen LogP contribution in [0.15, 0.2) is 0 Å². The van der Waals surface area contributed by atoms with Crippen molar-refractivity contribution in [2.24, 2.45) is 5.73 Å². The van der Waals surface area contributed by atoms with Crippen LogP contribution < -0.4 is 11.1 Å². The number of halogens is 1. The fraction of sp³-hybridized carbons (Fsp3) is 0.714. The lowest BCUT2D eigenvalue weighted by atomic mass is 10.3. The Balaban J connectivity index is 0. The number of thioether (sulfide) groups is 1. The van der Waals surface area contributed by atoms with Crippen LogP contribution in [0.2, 0.25) is 0 Å². The van der Waals surface area contributed by atoms with Gasteiger partial charge in [0, 0.05) is 5.75 Å². The number of nitrogens with one attached hydrogen (secondary N) is 1. The molecular weight excluding hydrogens is 228 g/mol. The molecule has 0 aromatic heterocycles. The molecule has 14 heavy (non-hydrogen) atoms. The Hall–Kier alpha value is -0.460. The molecule has 0 spiro atoms. The Morgan fingerprint density at radius 3 is 2.43 bits per heavy atom. The Labute approximate surface area is 93.2 Å². The van der Waals surface area contributed by atoms with Gasteiger partial charge in [-0.1, -0.05) is 0 Å². The van der Waals surface area contributed by atoms with E-state index in [1.165, 1.54) is 18.7 Å². The minimum absolute atomic E-state index is 0. The van der Waals surface area contributed by atoms with Crippen LogP contribution in [-0.2, 0) is 9.59 Å². The monoisotopic (exact) mass is 242 g/mol. The van der Waals surface area contributed by atoms with Gasteiger partial charge >= 0.3 is 5.97 Å². The quantitative estimate of drug-likeness (QED) is 0.615. The van der Waals surface area contributed by atoms with Crippen LogP contribution >= 0.6 is 24.2 Å². The molecule has 0 aliphatic heterocycles. The molecular formula is C7H15ClN2O3S. The molecule has 0 aliphatic rings. The number of aliphatic carboxylic acids is 1. The number of nitrogens with two attached hydrogens (primary N) is 1. The average Bonchev–Trinajstić information content (AvgIpc) is 2.04. The predicted octanol–water partition coefficient (Wildman–Crippen LogP) is -0.312. The van der Waals surface area contributed by atoms with Crippen molar-refractivity contribution in [3.8, 4) is 0 Å². The van der Waals surface area contributed by atoms with Gasteiger partial charge in [0.2, 0.25) is 5.91 Å². The van der Waals surface area contributed by atoms with Crippen molar-refractivity contribution >= 4 is 36.0 Å². The summed E-state index contributed by atoms with van der Waals surface area (Å²) >= 11 is 1.44. The van der Waals surface area contributed by atoms with Gasteiger partial charge in [0.15, 0.2) is 0 Å². The molecule has 0 aromatic carbocycles. The van der Waals surface area contributed by atoms with Crippen molar-refractivity contribution in [1.82, 2.24) is 5.32 Å². The molecule has 0 saturated heterocycles. The molecule has 5 nitrogen and oxygen atoms in total. The zero-order valence-electron chi connectivity index (χ0n) is 8.02. The zero-order valence-corrected chi connectivity index (χ0v) is 9.65. The molecule has 2 atom stereocenters. The highest BCUT2D eigenvalue weighted by molar-refractivity contribution is 7.98. The van der Waals surface area contributed by atoms with Crippen molar-refractivity contribution in [2.45, 2.75) is 19.0 Å². The van der Waals surface area contributed by atoms with Crippen molar-refractivity contribution in [3.63, 3.8) is 0 Å². The summed E-state index contributed by atoms with van der Waals surface area (Å²) in [7, 11) is 0. The number of carbonyl (C=O) groups is 2. The smallest absolute Gasteiger partial charge is 0.325 e. The first kappa shape index (κ1) is 16.0.